The predicted molar refractivity (Wildman–Crippen MR) is 81.0 cm³/mol. The van der Waals surface area contributed by atoms with Crippen molar-refractivity contribution >= 4 is 17.5 Å². The van der Waals surface area contributed by atoms with E-state index < -0.39 is 5.66 Å². The number of fused-ring (bicyclic) bond motifs is 1. The highest BCUT2D eigenvalue weighted by molar-refractivity contribution is 6.07. The van der Waals surface area contributed by atoms with Crippen molar-refractivity contribution in [2.24, 2.45) is 0 Å². The van der Waals surface area contributed by atoms with Crippen LogP contribution < -0.4 is 16.0 Å². The van der Waals surface area contributed by atoms with Gasteiger partial charge in [0.05, 0.1) is 5.56 Å². The summed E-state index contributed by atoms with van der Waals surface area (Å²) in [6.45, 7) is 1.71. The number of rotatable bonds is 2. The van der Waals surface area contributed by atoms with Gasteiger partial charge in [0.15, 0.2) is 5.66 Å². The molecule has 0 radical (unpaired) electrons. The molecule has 1 heterocycles. The number of benzene rings is 1. The summed E-state index contributed by atoms with van der Waals surface area (Å²) in [6.07, 6.45) is 5.60. The third-order valence-corrected chi connectivity index (χ3v) is 4.31. The lowest BCUT2D eigenvalue weighted by Gasteiger charge is -2.37. The molecule has 1 atom stereocenters. The number of amides is 2. The van der Waals surface area contributed by atoms with Crippen LogP contribution in [-0.2, 0) is 4.79 Å². The molecular weight excluding hydrogens is 266 g/mol. The first kappa shape index (κ1) is 13.9. The van der Waals surface area contributed by atoms with Gasteiger partial charge < -0.3 is 16.0 Å². The van der Waals surface area contributed by atoms with Crippen LogP contribution in [0.1, 0.15) is 49.4 Å². The molecule has 1 aromatic carbocycles. The smallest absolute Gasteiger partial charge is 0.266 e. The van der Waals surface area contributed by atoms with Crippen LogP contribution in [0.5, 0.6) is 0 Å². The standard InChI is InChI=1S/C16H21N3O2/c1-16(15(21)17-11-7-3-2-4-8-11)18-13-10-6-5-9-12(13)14(20)19-16/h5-6,9-11,18H,2-4,7-8H2,1H3,(H,17,21)(H,19,20). The normalized spacial score (nSPS) is 25.5. The van der Waals surface area contributed by atoms with Gasteiger partial charge in [-0.05, 0) is 31.9 Å². The Kier molecular flexibility index (Phi) is 3.57. The van der Waals surface area contributed by atoms with Crippen molar-refractivity contribution < 1.29 is 9.59 Å². The Morgan fingerprint density at radius 3 is 2.67 bits per heavy atom. The molecule has 2 amide bonds. The molecule has 0 aromatic heterocycles. The second-order valence-electron chi connectivity index (χ2n) is 6.06. The largest absolute Gasteiger partial charge is 0.355 e. The van der Waals surface area contributed by atoms with Crippen LogP contribution in [0.25, 0.3) is 0 Å². The molecule has 1 fully saturated rings. The summed E-state index contributed by atoms with van der Waals surface area (Å²) in [4.78, 5) is 24.7. The van der Waals surface area contributed by atoms with Gasteiger partial charge in [-0.3, -0.25) is 9.59 Å². The van der Waals surface area contributed by atoms with Crippen molar-refractivity contribution in [3.05, 3.63) is 29.8 Å². The Hall–Kier alpha value is -2.04. The quantitative estimate of drug-likeness (QED) is 0.779. The van der Waals surface area contributed by atoms with Gasteiger partial charge in [-0.25, -0.2) is 0 Å². The molecule has 0 bridgehead atoms. The average molecular weight is 287 g/mol. The van der Waals surface area contributed by atoms with Crippen molar-refractivity contribution in [1.29, 1.82) is 0 Å². The zero-order valence-corrected chi connectivity index (χ0v) is 12.2. The number of hydrogen-bond donors (Lipinski definition) is 3. The Morgan fingerprint density at radius 1 is 1.19 bits per heavy atom. The number of anilines is 1. The Labute approximate surface area is 124 Å². The number of hydrogen-bond acceptors (Lipinski definition) is 3. The van der Waals surface area contributed by atoms with Crippen LogP contribution in [0.3, 0.4) is 0 Å². The van der Waals surface area contributed by atoms with E-state index in [1.807, 2.05) is 18.2 Å². The Morgan fingerprint density at radius 2 is 1.90 bits per heavy atom. The fourth-order valence-electron chi connectivity index (χ4n) is 3.08. The lowest BCUT2D eigenvalue weighted by atomic mass is 9.94. The van der Waals surface area contributed by atoms with Crippen LogP contribution in [0.4, 0.5) is 5.69 Å². The average Bonchev–Trinajstić information content (AvgIpc) is 2.48. The second-order valence-corrected chi connectivity index (χ2v) is 6.06. The van der Waals surface area contributed by atoms with Gasteiger partial charge in [0.25, 0.3) is 11.8 Å². The molecule has 5 heteroatoms. The molecule has 1 aliphatic heterocycles. The molecule has 1 aliphatic carbocycles. The lowest BCUT2D eigenvalue weighted by molar-refractivity contribution is -0.126. The van der Waals surface area contributed by atoms with Crippen LogP contribution >= 0.6 is 0 Å². The minimum absolute atomic E-state index is 0.169. The van der Waals surface area contributed by atoms with Gasteiger partial charge in [0, 0.05) is 11.7 Å². The van der Waals surface area contributed by atoms with E-state index in [4.69, 9.17) is 0 Å². The minimum atomic E-state index is -1.09. The monoisotopic (exact) mass is 287 g/mol. The molecule has 3 rings (SSSR count). The zero-order chi connectivity index (χ0) is 14.9. The number of para-hydroxylation sites is 1. The van der Waals surface area contributed by atoms with Gasteiger partial charge in [0.2, 0.25) is 0 Å². The summed E-state index contributed by atoms with van der Waals surface area (Å²) in [5.74, 6) is -0.386. The Bertz CT molecular complexity index is 566. The first-order chi connectivity index (χ1) is 10.1. The SMILES string of the molecule is CC1(C(=O)NC2CCCCC2)NC(=O)c2ccccc2N1. The Balaban J connectivity index is 1.75. The summed E-state index contributed by atoms with van der Waals surface area (Å²) in [5.41, 5.74) is 0.172. The van der Waals surface area contributed by atoms with Gasteiger partial charge in [-0.15, -0.1) is 0 Å². The molecule has 3 N–H and O–H groups in total. The maximum Gasteiger partial charge on any atom is 0.266 e. The molecule has 112 valence electrons. The van der Waals surface area contributed by atoms with Gasteiger partial charge in [-0.1, -0.05) is 31.4 Å². The maximum absolute atomic E-state index is 12.6. The number of nitrogens with one attached hydrogen (secondary N) is 3. The molecule has 0 spiro atoms. The van der Waals surface area contributed by atoms with Crippen LogP contribution in [-0.4, -0.2) is 23.5 Å². The number of carbonyl (C=O) groups excluding carboxylic acids is 2. The fraction of sp³-hybridized carbons (Fsp3) is 0.500. The van der Waals surface area contributed by atoms with E-state index in [-0.39, 0.29) is 17.9 Å². The van der Waals surface area contributed by atoms with Gasteiger partial charge >= 0.3 is 0 Å². The topological polar surface area (TPSA) is 70.2 Å². The summed E-state index contributed by atoms with van der Waals surface area (Å²) in [5, 5.41) is 8.99. The molecule has 5 nitrogen and oxygen atoms in total. The summed E-state index contributed by atoms with van der Waals surface area (Å²) in [7, 11) is 0. The molecule has 0 saturated heterocycles. The van der Waals surface area contributed by atoms with Gasteiger partial charge in [-0.2, -0.15) is 0 Å². The van der Waals surface area contributed by atoms with Crippen molar-refractivity contribution in [1.82, 2.24) is 10.6 Å². The molecular formula is C16H21N3O2. The lowest BCUT2D eigenvalue weighted by Crippen LogP contribution is -2.65. The predicted octanol–water partition coefficient (Wildman–Crippen LogP) is 2.01. The van der Waals surface area contributed by atoms with Crippen LogP contribution in [0, 0.1) is 0 Å². The highest BCUT2D eigenvalue weighted by Gasteiger charge is 2.40. The van der Waals surface area contributed by atoms with E-state index in [9.17, 15) is 9.59 Å². The van der Waals surface area contributed by atoms with Crippen molar-refractivity contribution in [3.8, 4) is 0 Å². The van der Waals surface area contributed by atoms with E-state index in [0.29, 0.717) is 11.3 Å². The van der Waals surface area contributed by atoms with Crippen LogP contribution in [0.2, 0.25) is 0 Å². The molecule has 1 unspecified atom stereocenters. The molecule has 1 aromatic rings. The van der Waals surface area contributed by atoms with Crippen LogP contribution in [0.15, 0.2) is 24.3 Å². The minimum Gasteiger partial charge on any atom is -0.355 e. The first-order valence-corrected chi connectivity index (χ1v) is 7.59. The van der Waals surface area contributed by atoms with E-state index in [1.54, 1.807) is 13.0 Å². The first-order valence-electron chi connectivity index (χ1n) is 7.59. The van der Waals surface area contributed by atoms with E-state index in [0.717, 1.165) is 25.7 Å². The van der Waals surface area contributed by atoms with E-state index in [2.05, 4.69) is 16.0 Å². The third-order valence-electron chi connectivity index (χ3n) is 4.31. The van der Waals surface area contributed by atoms with Crippen molar-refractivity contribution in [3.63, 3.8) is 0 Å². The second kappa shape index (κ2) is 5.39. The summed E-state index contributed by atoms with van der Waals surface area (Å²) >= 11 is 0. The van der Waals surface area contributed by atoms with E-state index in [1.165, 1.54) is 6.42 Å². The van der Waals surface area contributed by atoms with E-state index >= 15 is 0 Å². The maximum atomic E-state index is 12.6. The van der Waals surface area contributed by atoms with Crippen molar-refractivity contribution in [2.45, 2.75) is 50.7 Å². The third kappa shape index (κ3) is 2.73. The molecule has 21 heavy (non-hydrogen) atoms. The summed E-state index contributed by atoms with van der Waals surface area (Å²) in [6, 6.07) is 7.45. The highest BCUT2D eigenvalue weighted by atomic mass is 16.2. The zero-order valence-electron chi connectivity index (χ0n) is 12.2. The number of carbonyl (C=O) groups is 2. The molecule has 1 saturated carbocycles. The van der Waals surface area contributed by atoms with Gasteiger partial charge in [0.1, 0.15) is 0 Å². The molecule has 2 aliphatic rings. The fourth-order valence-corrected chi connectivity index (χ4v) is 3.08. The summed E-state index contributed by atoms with van der Waals surface area (Å²) < 4.78 is 0. The van der Waals surface area contributed by atoms with Crippen molar-refractivity contribution in [2.75, 3.05) is 5.32 Å². The highest BCUT2D eigenvalue weighted by Crippen LogP contribution is 2.25.